The maximum atomic E-state index is 2.86. The Bertz CT molecular complexity index is 68.2. The van der Waals surface area contributed by atoms with E-state index in [0.717, 1.165) is 0 Å². The molecule has 0 saturated carbocycles. The van der Waals surface area contributed by atoms with Crippen LogP contribution in [0.5, 0.6) is 0 Å². The zero-order chi connectivity index (χ0) is 3.54. The number of hydrogen-bond donors (Lipinski definition) is 1. The fourth-order valence-corrected chi connectivity index (χ4v) is 0.278. The molecule has 2 heteroatoms. The maximum absolute atomic E-state index is 2.86. The third-order valence-electron chi connectivity index (χ3n) is 0.496. The Morgan fingerprint density at radius 2 is 1.67 bits per heavy atom. The summed E-state index contributed by atoms with van der Waals surface area (Å²) >= 11 is 0. The molecule has 1 rings (SSSR count). The Balaban J connectivity index is 0. The van der Waals surface area contributed by atoms with Gasteiger partial charge < -0.3 is 6.41 Å². The standard InChI is InChI=1S/C4H5N.K.H/c1-2-4-5-3-1;;/h1-5H;;/q;+1;-1. The molecule has 0 bridgehead atoms. The zero-order valence-corrected chi connectivity index (χ0v) is 6.93. The number of nitrogens with one attached hydrogen (secondary N) is 1. The van der Waals surface area contributed by atoms with E-state index in [2.05, 4.69) is 4.98 Å². The van der Waals surface area contributed by atoms with Crippen LogP contribution in [0.3, 0.4) is 0 Å². The summed E-state index contributed by atoms with van der Waals surface area (Å²) < 4.78 is 0. The van der Waals surface area contributed by atoms with Crippen molar-refractivity contribution < 1.29 is 52.8 Å². The Kier molecular flexibility index (Phi) is 4.71. The SMILES string of the molecule is [H-].[K+].c1cc[nH]c1. The van der Waals surface area contributed by atoms with E-state index in [0.29, 0.717) is 0 Å². The second-order valence-electron chi connectivity index (χ2n) is 0.885. The Hall–Kier alpha value is 0.916. The minimum Gasteiger partial charge on any atom is -1.00 e. The fraction of sp³-hybridized carbons (Fsp3) is 0. The van der Waals surface area contributed by atoms with E-state index < -0.39 is 0 Å². The average Bonchev–Trinajstić information content (AvgIpc) is 1.76. The van der Waals surface area contributed by atoms with Crippen molar-refractivity contribution in [2.45, 2.75) is 0 Å². The van der Waals surface area contributed by atoms with Crippen LogP contribution in [0.25, 0.3) is 0 Å². The maximum Gasteiger partial charge on any atom is 1.00 e. The topological polar surface area (TPSA) is 15.8 Å². The molecule has 0 spiro atoms. The van der Waals surface area contributed by atoms with Crippen LogP contribution in [0.1, 0.15) is 1.43 Å². The molecule has 1 N–H and O–H groups in total. The minimum atomic E-state index is 0. The van der Waals surface area contributed by atoms with Gasteiger partial charge in [0.1, 0.15) is 0 Å². The molecular formula is C4H6KN. The van der Waals surface area contributed by atoms with Crippen LogP contribution in [0.2, 0.25) is 0 Å². The van der Waals surface area contributed by atoms with E-state index >= 15 is 0 Å². The van der Waals surface area contributed by atoms with Crippen molar-refractivity contribution in [2.75, 3.05) is 0 Å². The molecule has 1 aromatic rings. The van der Waals surface area contributed by atoms with Crippen molar-refractivity contribution in [3.63, 3.8) is 0 Å². The van der Waals surface area contributed by atoms with Crippen LogP contribution in [-0.4, -0.2) is 4.98 Å². The van der Waals surface area contributed by atoms with Crippen LogP contribution in [0, 0.1) is 0 Å². The average molecular weight is 107 g/mol. The van der Waals surface area contributed by atoms with Crippen LogP contribution in [-0.2, 0) is 0 Å². The van der Waals surface area contributed by atoms with Gasteiger partial charge in [-0.1, -0.05) is 0 Å². The van der Waals surface area contributed by atoms with Crippen molar-refractivity contribution in [1.29, 1.82) is 0 Å². The summed E-state index contributed by atoms with van der Waals surface area (Å²) in [5, 5.41) is 0. The van der Waals surface area contributed by atoms with Crippen molar-refractivity contribution in [1.82, 2.24) is 4.98 Å². The molecule has 1 aromatic heterocycles. The smallest absolute Gasteiger partial charge is 1.00 e. The molecule has 6 heavy (non-hydrogen) atoms. The second-order valence-corrected chi connectivity index (χ2v) is 0.885. The third kappa shape index (κ3) is 2.15. The molecule has 0 radical (unpaired) electrons. The van der Waals surface area contributed by atoms with Crippen molar-refractivity contribution in [2.24, 2.45) is 0 Å². The van der Waals surface area contributed by atoms with Crippen LogP contribution < -0.4 is 51.4 Å². The van der Waals surface area contributed by atoms with E-state index in [1.54, 1.807) is 0 Å². The summed E-state index contributed by atoms with van der Waals surface area (Å²) in [6, 6.07) is 3.89. The monoisotopic (exact) mass is 107 g/mol. The van der Waals surface area contributed by atoms with Gasteiger partial charge in [-0.3, -0.25) is 0 Å². The van der Waals surface area contributed by atoms with Gasteiger partial charge in [-0.25, -0.2) is 0 Å². The van der Waals surface area contributed by atoms with Crippen LogP contribution >= 0.6 is 0 Å². The van der Waals surface area contributed by atoms with E-state index in [-0.39, 0.29) is 52.8 Å². The van der Waals surface area contributed by atoms with Gasteiger partial charge in [0.15, 0.2) is 0 Å². The number of aromatic nitrogens is 1. The summed E-state index contributed by atoms with van der Waals surface area (Å²) in [7, 11) is 0. The van der Waals surface area contributed by atoms with Gasteiger partial charge in [-0.15, -0.1) is 0 Å². The van der Waals surface area contributed by atoms with Gasteiger partial charge in [0.05, 0.1) is 0 Å². The Morgan fingerprint density at radius 3 is 1.83 bits per heavy atom. The predicted octanol–water partition coefficient (Wildman–Crippen LogP) is -1.87. The number of rotatable bonds is 0. The van der Waals surface area contributed by atoms with E-state index in [4.69, 9.17) is 0 Å². The molecule has 0 aliphatic rings. The van der Waals surface area contributed by atoms with Gasteiger partial charge in [-0.05, 0) is 12.1 Å². The predicted molar refractivity (Wildman–Crippen MR) is 21.9 cm³/mol. The molecule has 1 heterocycles. The molecular weight excluding hydrogens is 101 g/mol. The molecule has 0 unspecified atom stereocenters. The summed E-state index contributed by atoms with van der Waals surface area (Å²) in [6.45, 7) is 0. The van der Waals surface area contributed by atoms with Gasteiger partial charge in [-0.2, -0.15) is 0 Å². The van der Waals surface area contributed by atoms with Gasteiger partial charge in [0.2, 0.25) is 0 Å². The Labute approximate surface area is 81.0 Å². The van der Waals surface area contributed by atoms with E-state index in [1.165, 1.54) is 0 Å². The summed E-state index contributed by atoms with van der Waals surface area (Å²) in [4.78, 5) is 2.86. The molecule has 0 aromatic carbocycles. The first kappa shape index (κ1) is 6.92. The summed E-state index contributed by atoms with van der Waals surface area (Å²) in [5.41, 5.74) is 0. The summed E-state index contributed by atoms with van der Waals surface area (Å²) in [6.07, 6.45) is 3.75. The molecule has 28 valence electrons. The van der Waals surface area contributed by atoms with Gasteiger partial charge in [0.25, 0.3) is 0 Å². The Morgan fingerprint density at radius 1 is 1.17 bits per heavy atom. The number of aromatic amines is 1. The van der Waals surface area contributed by atoms with Crippen molar-refractivity contribution >= 4 is 0 Å². The number of hydrogen-bond acceptors (Lipinski definition) is 0. The quantitative estimate of drug-likeness (QED) is 0.374. The second kappa shape index (κ2) is 4.09. The van der Waals surface area contributed by atoms with Gasteiger partial charge in [0, 0.05) is 12.4 Å². The first-order valence-electron chi connectivity index (χ1n) is 1.58. The van der Waals surface area contributed by atoms with Crippen LogP contribution in [0.15, 0.2) is 24.5 Å². The molecule has 0 atom stereocenters. The first-order valence-corrected chi connectivity index (χ1v) is 1.58. The molecule has 0 aliphatic heterocycles. The molecule has 0 amide bonds. The molecule has 0 saturated heterocycles. The third-order valence-corrected chi connectivity index (χ3v) is 0.496. The van der Waals surface area contributed by atoms with Gasteiger partial charge >= 0.3 is 51.4 Å². The molecule has 0 aliphatic carbocycles. The molecule has 1 nitrogen and oxygen atoms in total. The van der Waals surface area contributed by atoms with Crippen molar-refractivity contribution in [3.05, 3.63) is 24.5 Å². The number of H-pyrrole nitrogens is 1. The largest absolute Gasteiger partial charge is 1.00 e. The zero-order valence-electron chi connectivity index (χ0n) is 4.81. The minimum absolute atomic E-state index is 0. The summed E-state index contributed by atoms with van der Waals surface area (Å²) in [5.74, 6) is 0. The normalized spacial score (nSPS) is 6.67. The molecule has 0 fully saturated rings. The van der Waals surface area contributed by atoms with E-state index in [9.17, 15) is 0 Å². The first-order chi connectivity index (χ1) is 2.50. The fourth-order valence-electron chi connectivity index (χ4n) is 0.278. The van der Waals surface area contributed by atoms with E-state index in [1.807, 2.05) is 24.5 Å². The van der Waals surface area contributed by atoms with Crippen molar-refractivity contribution in [3.8, 4) is 0 Å². The van der Waals surface area contributed by atoms with Crippen LogP contribution in [0.4, 0.5) is 0 Å².